The van der Waals surface area contributed by atoms with E-state index in [0.717, 1.165) is 18.5 Å². The van der Waals surface area contributed by atoms with Crippen molar-refractivity contribution in [2.24, 2.45) is 5.92 Å². The first-order chi connectivity index (χ1) is 8.40. The third kappa shape index (κ3) is 4.43. The first kappa shape index (κ1) is 13.7. The van der Waals surface area contributed by atoms with Gasteiger partial charge >= 0.3 is 0 Å². The molecule has 0 bridgehead atoms. The second-order valence-corrected chi connectivity index (χ2v) is 6.43. The molecule has 17 heavy (non-hydrogen) atoms. The van der Waals surface area contributed by atoms with E-state index in [1.165, 1.54) is 56.8 Å². The molecule has 2 rings (SSSR count). The summed E-state index contributed by atoms with van der Waals surface area (Å²) in [4.78, 5) is 2.56. The van der Waals surface area contributed by atoms with E-state index in [4.69, 9.17) is 0 Å². The molecular formula is C13H26N2OS. The van der Waals surface area contributed by atoms with Crippen LogP contribution in [0.25, 0.3) is 0 Å². The minimum absolute atomic E-state index is 0.312. The normalized spacial score (nSPS) is 27.5. The number of hydrogen-bond donors (Lipinski definition) is 2. The third-order valence-electron chi connectivity index (χ3n) is 3.99. The van der Waals surface area contributed by atoms with Gasteiger partial charge in [0.25, 0.3) is 0 Å². The molecule has 4 heteroatoms. The van der Waals surface area contributed by atoms with E-state index in [2.05, 4.69) is 22.0 Å². The Morgan fingerprint density at radius 3 is 2.71 bits per heavy atom. The molecule has 0 radical (unpaired) electrons. The summed E-state index contributed by atoms with van der Waals surface area (Å²) in [7, 11) is 0. The molecule has 2 saturated heterocycles. The summed E-state index contributed by atoms with van der Waals surface area (Å²) < 4.78 is 0. The van der Waals surface area contributed by atoms with Gasteiger partial charge in [-0.25, -0.2) is 0 Å². The van der Waals surface area contributed by atoms with Crippen molar-refractivity contribution in [1.29, 1.82) is 0 Å². The van der Waals surface area contributed by atoms with Crippen molar-refractivity contribution in [3.8, 4) is 0 Å². The van der Waals surface area contributed by atoms with Crippen LogP contribution in [0.15, 0.2) is 0 Å². The van der Waals surface area contributed by atoms with Gasteiger partial charge in [0.15, 0.2) is 0 Å². The van der Waals surface area contributed by atoms with E-state index in [1.54, 1.807) is 0 Å². The van der Waals surface area contributed by atoms with Crippen LogP contribution in [0.2, 0.25) is 0 Å². The van der Waals surface area contributed by atoms with Gasteiger partial charge in [-0.2, -0.15) is 11.8 Å². The molecular weight excluding hydrogens is 232 g/mol. The van der Waals surface area contributed by atoms with Gasteiger partial charge in [-0.3, -0.25) is 4.90 Å². The molecule has 0 aromatic carbocycles. The highest BCUT2D eigenvalue weighted by atomic mass is 32.2. The van der Waals surface area contributed by atoms with E-state index in [0.29, 0.717) is 6.61 Å². The van der Waals surface area contributed by atoms with Crippen molar-refractivity contribution in [3.63, 3.8) is 0 Å². The zero-order valence-electron chi connectivity index (χ0n) is 10.7. The largest absolute Gasteiger partial charge is 0.395 e. The topological polar surface area (TPSA) is 35.5 Å². The quantitative estimate of drug-likeness (QED) is 0.776. The van der Waals surface area contributed by atoms with E-state index in [9.17, 15) is 5.11 Å². The number of piperidine rings is 1. The number of aliphatic hydroxyl groups is 1. The monoisotopic (exact) mass is 258 g/mol. The lowest BCUT2D eigenvalue weighted by Crippen LogP contribution is -2.45. The lowest BCUT2D eigenvalue weighted by atomic mass is 9.96. The van der Waals surface area contributed by atoms with Gasteiger partial charge in [0, 0.05) is 24.9 Å². The average Bonchev–Trinajstić information content (AvgIpc) is 2.40. The van der Waals surface area contributed by atoms with Crippen LogP contribution >= 0.6 is 11.8 Å². The van der Waals surface area contributed by atoms with Gasteiger partial charge < -0.3 is 10.4 Å². The standard InChI is InChI=1S/C13H26N2OS/c16-8-7-15(13-2-1-9-17-11-13)10-12-3-5-14-6-4-12/h12-14,16H,1-11H2. The highest BCUT2D eigenvalue weighted by Gasteiger charge is 2.24. The van der Waals surface area contributed by atoms with Gasteiger partial charge in [-0.1, -0.05) is 0 Å². The van der Waals surface area contributed by atoms with Crippen molar-refractivity contribution in [2.75, 3.05) is 44.3 Å². The lowest BCUT2D eigenvalue weighted by molar-refractivity contribution is 0.123. The van der Waals surface area contributed by atoms with Gasteiger partial charge in [-0.05, 0) is 50.4 Å². The smallest absolute Gasteiger partial charge is 0.0558 e. The van der Waals surface area contributed by atoms with E-state index in [1.807, 2.05) is 0 Å². The van der Waals surface area contributed by atoms with Crippen LogP contribution < -0.4 is 5.32 Å². The highest BCUT2D eigenvalue weighted by Crippen LogP contribution is 2.23. The predicted molar refractivity (Wildman–Crippen MR) is 74.6 cm³/mol. The summed E-state index contributed by atoms with van der Waals surface area (Å²) in [5.74, 6) is 3.44. The van der Waals surface area contributed by atoms with Gasteiger partial charge in [0.05, 0.1) is 6.61 Å². The summed E-state index contributed by atoms with van der Waals surface area (Å²) in [6.07, 6.45) is 5.30. The number of hydrogen-bond acceptors (Lipinski definition) is 4. The van der Waals surface area contributed by atoms with Crippen LogP contribution in [-0.4, -0.2) is 60.3 Å². The first-order valence-corrected chi connectivity index (χ1v) is 8.19. The predicted octanol–water partition coefficient (Wildman–Crippen LogP) is 1.18. The maximum absolute atomic E-state index is 9.24. The third-order valence-corrected chi connectivity index (χ3v) is 5.19. The Morgan fingerprint density at radius 1 is 1.24 bits per heavy atom. The average molecular weight is 258 g/mol. The summed E-state index contributed by atoms with van der Waals surface area (Å²) in [5.41, 5.74) is 0. The van der Waals surface area contributed by atoms with Gasteiger partial charge in [0.2, 0.25) is 0 Å². The van der Waals surface area contributed by atoms with Crippen molar-refractivity contribution in [2.45, 2.75) is 31.7 Å². The summed E-state index contributed by atoms with van der Waals surface area (Å²) in [5, 5.41) is 12.7. The second-order valence-electron chi connectivity index (χ2n) is 5.28. The molecule has 3 nitrogen and oxygen atoms in total. The van der Waals surface area contributed by atoms with Crippen LogP contribution in [0.1, 0.15) is 25.7 Å². The number of aliphatic hydroxyl groups excluding tert-OH is 1. The Labute approximate surface area is 109 Å². The van der Waals surface area contributed by atoms with Crippen molar-refractivity contribution in [3.05, 3.63) is 0 Å². The first-order valence-electron chi connectivity index (χ1n) is 7.03. The van der Waals surface area contributed by atoms with E-state index >= 15 is 0 Å². The number of rotatable bonds is 5. The number of nitrogens with zero attached hydrogens (tertiary/aromatic N) is 1. The zero-order chi connectivity index (χ0) is 11.9. The van der Waals surface area contributed by atoms with Crippen molar-refractivity contribution >= 4 is 11.8 Å². The summed E-state index contributed by atoms with van der Waals surface area (Å²) in [6, 6.07) is 0.718. The fraction of sp³-hybridized carbons (Fsp3) is 1.00. The Morgan fingerprint density at radius 2 is 2.06 bits per heavy atom. The molecule has 0 aliphatic carbocycles. The molecule has 2 aliphatic heterocycles. The van der Waals surface area contributed by atoms with Gasteiger partial charge in [0.1, 0.15) is 0 Å². The molecule has 2 fully saturated rings. The molecule has 2 heterocycles. The Balaban J connectivity index is 1.81. The molecule has 100 valence electrons. The SMILES string of the molecule is OCCN(CC1CCNCC1)C1CCCSC1. The van der Waals surface area contributed by atoms with Crippen LogP contribution in [0.3, 0.4) is 0 Å². The lowest BCUT2D eigenvalue weighted by Gasteiger charge is -2.37. The summed E-state index contributed by atoms with van der Waals surface area (Å²) >= 11 is 2.08. The van der Waals surface area contributed by atoms with Crippen molar-refractivity contribution < 1.29 is 5.11 Å². The molecule has 0 aromatic heterocycles. The van der Waals surface area contributed by atoms with E-state index < -0.39 is 0 Å². The number of thioether (sulfide) groups is 1. The van der Waals surface area contributed by atoms with Crippen molar-refractivity contribution in [1.82, 2.24) is 10.2 Å². The Hall–Kier alpha value is 0.230. The Kier molecular flexibility index (Phi) is 6.12. The maximum Gasteiger partial charge on any atom is 0.0558 e. The van der Waals surface area contributed by atoms with Crippen LogP contribution in [-0.2, 0) is 0 Å². The fourth-order valence-electron chi connectivity index (χ4n) is 2.96. The number of nitrogens with one attached hydrogen (secondary N) is 1. The molecule has 0 amide bonds. The minimum atomic E-state index is 0.312. The van der Waals surface area contributed by atoms with E-state index in [-0.39, 0.29) is 0 Å². The van der Waals surface area contributed by atoms with Crippen LogP contribution in [0, 0.1) is 5.92 Å². The highest BCUT2D eigenvalue weighted by molar-refractivity contribution is 7.99. The Bertz CT molecular complexity index is 204. The molecule has 1 unspecified atom stereocenters. The molecule has 2 N–H and O–H groups in total. The van der Waals surface area contributed by atoms with Crippen LogP contribution in [0.4, 0.5) is 0 Å². The second kappa shape index (κ2) is 7.62. The molecule has 2 aliphatic rings. The fourth-order valence-corrected chi connectivity index (χ4v) is 4.15. The maximum atomic E-state index is 9.24. The summed E-state index contributed by atoms with van der Waals surface area (Å²) in [6.45, 7) is 4.74. The molecule has 1 atom stereocenters. The molecule has 0 saturated carbocycles. The van der Waals surface area contributed by atoms with Gasteiger partial charge in [-0.15, -0.1) is 0 Å². The zero-order valence-corrected chi connectivity index (χ0v) is 11.6. The van der Waals surface area contributed by atoms with Crippen LogP contribution in [0.5, 0.6) is 0 Å². The molecule has 0 spiro atoms. The minimum Gasteiger partial charge on any atom is -0.395 e. The molecule has 0 aromatic rings.